The maximum atomic E-state index is 15.1. The fourth-order valence-electron chi connectivity index (χ4n) is 12.5. The van der Waals surface area contributed by atoms with Gasteiger partial charge in [-0.1, -0.05) is 6.92 Å². The molecule has 3 fully saturated rings. The number of ether oxygens (including phenoxy) is 2. The van der Waals surface area contributed by atoms with Crippen LogP contribution in [0.2, 0.25) is 0 Å². The van der Waals surface area contributed by atoms with E-state index in [9.17, 15) is 46.3 Å². The van der Waals surface area contributed by atoms with Crippen molar-refractivity contribution in [2.45, 2.75) is 94.4 Å². The van der Waals surface area contributed by atoms with Crippen LogP contribution in [0.25, 0.3) is 34.2 Å². The molecule has 3 amide bonds. The fraction of sp³-hybridized carbons (Fsp3) is 0.333. The van der Waals surface area contributed by atoms with E-state index in [-0.39, 0.29) is 75.2 Å². The fourth-order valence-corrected chi connectivity index (χ4v) is 12.5. The summed E-state index contributed by atoms with van der Waals surface area (Å²) in [6.07, 6.45) is 4.69. The highest BCUT2D eigenvalue weighted by Gasteiger charge is 2.39. The predicted molar refractivity (Wildman–Crippen MR) is 379 cm³/mol. The van der Waals surface area contributed by atoms with E-state index in [1.807, 2.05) is 29.7 Å². The number of aliphatic hydroxyl groups is 1. The molecule has 0 unspecified atom stereocenters. The molecule has 106 heavy (non-hydrogen) atoms. The third-order valence-corrected chi connectivity index (χ3v) is 18.6. The smallest absolute Gasteiger partial charge is 0.493 e. The Bertz CT molecular complexity index is 4830. The van der Waals surface area contributed by atoms with Crippen molar-refractivity contribution >= 4 is 81.1 Å². The first-order valence-corrected chi connectivity index (χ1v) is 33.3. The Morgan fingerprint density at radius 2 is 1.05 bits per heavy atom. The molecule has 0 radical (unpaired) electrons. The molecule has 37 heteroatoms. The normalized spacial score (nSPS) is 15.6. The van der Waals surface area contributed by atoms with Gasteiger partial charge in [0.1, 0.15) is 51.5 Å². The Balaban J connectivity index is 0.899. The number of aliphatic hydroxyl groups excluding tert-OH is 1. The van der Waals surface area contributed by atoms with Crippen molar-refractivity contribution < 1.29 is 55.3 Å². The van der Waals surface area contributed by atoms with Gasteiger partial charge in [-0.15, -0.1) is 13.2 Å². The molecule has 0 bridgehead atoms. The number of amides is 3. The molecule has 9 aromatic rings. The molecular weight excluding hydrogens is 1390 g/mol. The monoisotopic (exact) mass is 1460 g/mol. The van der Waals surface area contributed by atoms with Gasteiger partial charge in [0.2, 0.25) is 0 Å². The average Bonchev–Trinajstić information content (AvgIpc) is 0.787. The van der Waals surface area contributed by atoms with Gasteiger partial charge >= 0.3 is 12.5 Å². The minimum absolute atomic E-state index is 0.0141. The van der Waals surface area contributed by atoms with Crippen molar-refractivity contribution in [1.29, 1.82) is 5.26 Å². The van der Waals surface area contributed by atoms with Crippen LogP contribution in [0.1, 0.15) is 108 Å². The van der Waals surface area contributed by atoms with Gasteiger partial charge in [-0.05, 0) is 107 Å². The van der Waals surface area contributed by atoms with Gasteiger partial charge < -0.3 is 78.8 Å². The van der Waals surface area contributed by atoms with Crippen LogP contribution in [0.4, 0.5) is 89.7 Å². The zero-order valence-electron chi connectivity index (χ0n) is 57.2. The van der Waals surface area contributed by atoms with Gasteiger partial charge in [0, 0.05) is 93.3 Å². The van der Waals surface area contributed by atoms with E-state index in [0.717, 1.165) is 49.4 Å². The summed E-state index contributed by atoms with van der Waals surface area (Å²) >= 11 is 0. The van der Waals surface area contributed by atoms with Crippen molar-refractivity contribution in [2.75, 3.05) is 100 Å². The molecule has 3 saturated heterocycles. The lowest BCUT2D eigenvalue weighted by Gasteiger charge is -2.40. The maximum absolute atomic E-state index is 15.1. The highest BCUT2D eigenvalue weighted by Crippen LogP contribution is 2.42. The molecule has 550 valence electrons. The van der Waals surface area contributed by atoms with E-state index < -0.39 is 98.5 Å². The van der Waals surface area contributed by atoms with Crippen LogP contribution in [-0.2, 0) is 6.18 Å². The molecular formula is C69H71F6N25O6. The Kier molecular flexibility index (Phi) is 21.0. The van der Waals surface area contributed by atoms with Gasteiger partial charge in [-0.25, -0.2) is 49.8 Å². The summed E-state index contributed by atoms with van der Waals surface area (Å²) in [5, 5.41) is 34.4. The number of halogens is 6. The molecule has 9 aromatic heterocycles. The van der Waals surface area contributed by atoms with Crippen LogP contribution >= 0.6 is 0 Å². The first-order valence-electron chi connectivity index (χ1n) is 33.3. The van der Waals surface area contributed by atoms with E-state index in [4.69, 9.17) is 27.7 Å². The van der Waals surface area contributed by atoms with E-state index in [2.05, 4.69) is 96.0 Å². The number of alkyl halides is 6. The van der Waals surface area contributed by atoms with Crippen molar-refractivity contribution in [2.24, 2.45) is 17.2 Å². The minimum atomic E-state index is -5.45. The van der Waals surface area contributed by atoms with Crippen molar-refractivity contribution in [3.05, 3.63) is 139 Å². The second-order valence-corrected chi connectivity index (χ2v) is 25.8. The van der Waals surface area contributed by atoms with Gasteiger partial charge in [0.25, 0.3) is 17.7 Å². The summed E-state index contributed by atoms with van der Waals surface area (Å²) in [4.78, 5) is 102. The highest BCUT2D eigenvalue weighted by molar-refractivity contribution is 6.09. The molecule has 14 N–H and O–H groups in total. The number of hydrogen-bond acceptors (Lipinski definition) is 28. The lowest BCUT2D eigenvalue weighted by Crippen LogP contribution is -2.51. The van der Waals surface area contributed by atoms with Crippen LogP contribution in [0.5, 0.6) is 11.5 Å². The lowest BCUT2D eigenvalue weighted by molar-refractivity contribution is -0.274. The van der Waals surface area contributed by atoms with Crippen LogP contribution in [-0.4, -0.2) is 159 Å². The molecule has 3 aliphatic heterocycles. The number of pyridine rings is 6. The third kappa shape index (κ3) is 16.4. The first kappa shape index (κ1) is 73.6. The van der Waals surface area contributed by atoms with Crippen molar-refractivity contribution in [3.8, 4) is 51.7 Å². The largest absolute Gasteiger partial charge is 0.573 e. The summed E-state index contributed by atoms with van der Waals surface area (Å²) in [7, 11) is 1.22. The number of aromatic nitrogens is 12. The summed E-state index contributed by atoms with van der Waals surface area (Å²) in [5.74, 6) is -5.13. The molecule has 0 spiro atoms. The number of nitrogens with zero attached hydrogens (tertiary/aromatic N) is 16. The molecule has 31 nitrogen and oxygen atoms in total. The number of methoxy groups -OCH3 is 1. The summed E-state index contributed by atoms with van der Waals surface area (Å²) in [5.41, 5.74) is 19.7. The number of hydrogen-bond donors (Lipinski definition) is 10. The van der Waals surface area contributed by atoms with E-state index in [1.165, 1.54) is 38.1 Å². The quantitative estimate of drug-likeness (QED) is 0.0300. The van der Waals surface area contributed by atoms with Gasteiger partial charge in [0.15, 0.2) is 63.5 Å². The maximum Gasteiger partial charge on any atom is 0.573 e. The van der Waals surface area contributed by atoms with Crippen LogP contribution < -0.4 is 73.7 Å². The SMILES string of the molecule is CCC1(N)CCN(c2cccnc2NC(=O)c2nc(-c3ncc(Nc4ncc(-c5ncccc5C(F)(F)F)nc4C(=O)Nc4ncccc4N4CCC(N)(CCO)CC4)cc3OC(F)(F)F)cnc2Nc2cnc(-c3cnc(N)c(C(=O)Nc4ncccc4N4CCC(C)(N)CC4)n3)c(C#N)c2OC)CC1. The number of nitrogen functional groups attached to an aromatic ring is 1. The van der Waals surface area contributed by atoms with Crippen LogP contribution in [0.3, 0.4) is 0 Å². The van der Waals surface area contributed by atoms with Crippen LogP contribution in [0.15, 0.2) is 110 Å². The molecule has 12 heterocycles. The van der Waals surface area contributed by atoms with Gasteiger partial charge in [-0.2, -0.15) is 18.4 Å². The number of piperidine rings is 3. The summed E-state index contributed by atoms with van der Waals surface area (Å²) in [6.45, 7) is 6.77. The summed E-state index contributed by atoms with van der Waals surface area (Å²) < 4.78 is 98.3. The summed E-state index contributed by atoms with van der Waals surface area (Å²) in [6, 6.07) is 14.8. The Morgan fingerprint density at radius 3 is 1.56 bits per heavy atom. The molecule has 3 aliphatic rings. The first-order chi connectivity index (χ1) is 50.6. The average molecular weight is 1460 g/mol. The third-order valence-electron chi connectivity index (χ3n) is 18.6. The topological polar surface area (TPSA) is 442 Å². The number of nitriles is 1. The number of carbonyl (C=O) groups excluding carboxylic acids is 3. The zero-order valence-corrected chi connectivity index (χ0v) is 57.2. The Morgan fingerprint density at radius 1 is 0.585 bits per heavy atom. The molecule has 0 aliphatic carbocycles. The lowest BCUT2D eigenvalue weighted by atomic mass is 9.85. The number of anilines is 11. The number of carbonyl (C=O) groups is 3. The molecule has 0 saturated carbocycles. The second kappa shape index (κ2) is 30.3. The van der Waals surface area contributed by atoms with Crippen molar-refractivity contribution in [1.82, 2.24) is 59.8 Å². The van der Waals surface area contributed by atoms with E-state index in [0.29, 0.717) is 101 Å². The molecule has 12 rings (SSSR count). The minimum Gasteiger partial charge on any atom is -0.493 e. The van der Waals surface area contributed by atoms with E-state index >= 15 is 4.79 Å². The second-order valence-electron chi connectivity index (χ2n) is 25.8. The highest BCUT2D eigenvalue weighted by atomic mass is 19.4. The Hall–Kier alpha value is -12.1. The molecule has 0 aromatic carbocycles. The van der Waals surface area contributed by atoms with E-state index in [1.54, 1.807) is 36.4 Å². The number of nitrogens with one attached hydrogen (secondary N) is 5. The van der Waals surface area contributed by atoms with Crippen molar-refractivity contribution in [3.63, 3.8) is 0 Å². The molecule has 0 atom stereocenters. The van der Waals surface area contributed by atoms with Gasteiger partial charge in [0.05, 0.1) is 66.4 Å². The number of rotatable bonds is 21. The van der Waals surface area contributed by atoms with Crippen LogP contribution in [0, 0.1) is 11.3 Å². The Labute approximate surface area is 601 Å². The van der Waals surface area contributed by atoms with Gasteiger partial charge in [-0.3, -0.25) is 24.4 Å². The predicted octanol–water partition coefficient (Wildman–Crippen LogP) is 8.76. The standard InChI is InChI=1S/C69H71F6N25O6/c1-4-66(79)15-26-99(27-16-66)46-11-7-22-83-58(46)97-64(104)54-61(94-44-37-86-49(39(32-76)55(44)105-3)41-34-87-56(77)52(91-41)62(102)95-57-45(10-6-21-82-57)98-24-13-65(2,78)14-25-98)89-36-43(93-54)51-48(106-69(73,74)75)31-38(33-85-51)90-60-53(92-42(35-88-60)50-40(68(70,71)72)9-5-20-81-50)63(103)96-59-47(12-8-23-84-59)100-28-17-67(80,18-29-100)19-30-101/h5-12,20-23,31,33-37,101H,4,13-19,24-30,78-80H2,1-3H3,(H2,77,87)(H,88,90)(H,89,94)(H,82,95,102)(H,83,97,104)(H,84,96,103). The zero-order chi connectivity index (χ0) is 75.3. The number of nitrogens with two attached hydrogens (primary N) is 4.